The van der Waals surface area contributed by atoms with E-state index in [0.717, 1.165) is 48.4 Å². The lowest BCUT2D eigenvalue weighted by molar-refractivity contribution is -0.125. The molecule has 0 radical (unpaired) electrons. The van der Waals surface area contributed by atoms with Gasteiger partial charge in [0.1, 0.15) is 0 Å². The average Bonchev–Trinajstić information content (AvgIpc) is 3.38. The molecule has 6 nitrogen and oxygen atoms in total. The summed E-state index contributed by atoms with van der Waals surface area (Å²) < 4.78 is 0. The fourth-order valence-electron chi connectivity index (χ4n) is 4.50. The summed E-state index contributed by atoms with van der Waals surface area (Å²) in [5, 5.41) is 3.85. The van der Waals surface area contributed by atoms with Gasteiger partial charge in [-0.15, -0.1) is 0 Å². The molecule has 2 aliphatic rings. The van der Waals surface area contributed by atoms with Crippen molar-refractivity contribution < 1.29 is 4.79 Å². The number of nitrogens with one attached hydrogen (secondary N) is 1. The molecule has 160 valence electrons. The Labute approximate surface area is 183 Å². The van der Waals surface area contributed by atoms with Gasteiger partial charge in [-0.2, -0.15) is 0 Å². The molecule has 1 amide bonds. The summed E-state index contributed by atoms with van der Waals surface area (Å²) in [5.41, 5.74) is 2.12. The molecular formula is C23H30ClN5O. The summed E-state index contributed by atoms with van der Waals surface area (Å²) in [7, 11) is 0. The van der Waals surface area contributed by atoms with Gasteiger partial charge in [-0.3, -0.25) is 9.69 Å². The standard InChI is InChI=1S/C23H30ClN5O/c1-16(2)26-22(30)20-15-28(13-17-6-5-7-18(24)12-17)14-19(20)21-8-9-25-23(27-21)29-10-3-4-11-29/h5-9,12,16,19-20H,3-4,10-11,13-15H2,1-2H3,(H,26,30)/t19-,20-/m1/s1. The Morgan fingerprint density at radius 1 is 1.23 bits per heavy atom. The number of likely N-dealkylation sites (tertiary alicyclic amines) is 1. The quantitative estimate of drug-likeness (QED) is 0.764. The van der Waals surface area contributed by atoms with Gasteiger partial charge < -0.3 is 10.2 Å². The van der Waals surface area contributed by atoms with E-state index >= 15 is 0 Å². The van der Waals surface area contributed by atoms with Gasteiger partial charge in [-0.1, -0.05) is 23.7 Å². The summed E-state index contributed by atoms with van der Waals surface area (Å²) in [6, 6.07) is 10.0. The minimum absolute atomic E-state index is 0.0484. The number of aromatic nitrogens is 2. The van der Waals surface area contributed by atoms with E-state index in [2.05, 4.69) is 26.2 Å². The Morgan fingerprint density at radius 2 is 2.03 bits per heavy atom. The number of halogens is 1. The maximum atomic E-state index is 13.0. The van der Waals surface area contributed by atoms with E-state index in [0.29, 0.717) is 6.54 Å². The molecule has 1 aromatic heterocycles. The first kappa shape index (κ1) is 21.1. The molecule has 30 heavy (non-hydrogen) atoms. The molecule has 2 saturated heterocycles. The number of amides is 1. The highest BCUT2D eigenvalue weighted by Gasteiger charge is 2.39. The van der Waals surface area contributed by atoms with E-state index in [-0.39, 0.29) is 23.8 Å². The van der Waals surface area contributed by atoms with Crippen molar-refractivity contribution >= 4 is 23.5 Å². The largest absolute Gasteiger partial charge is 0.354 e. The molecule has 1 N–H and O–H groups in total. The summed E-state index contributed by atoms with van der Waals surface area (Å²) in [6.07, 6.45) is 4.21. The van der Waals surface area contributed by atoms with Gasteiger partial charge in [-0.25, -0.2) is 9.97 Å². The summed E-state index contributed by atoms with van der Waals surface area (Å²) in [6.45, 7) is 8.28. The fraction of sp³-hybridized carbons (Fsp3) is 0.522. The highest BCUT2D eigenvalue weighted by atomic mass is 35.5. The van der Waals surface area contributed by atoms with Crippen LogP contribution in [0.5, 0.6) is 0 Å². The summed E-state index contributed by atoms with van der Waals surface area (Å²) in [5.74, 6) is 0.812. The molecule has 0 unspecified atom stereocenters. The van der Waals surface area contributed by atoms with E-state index in [1.54, 1.807) is 0 Å². The van der Waals surface area contributed by atoms with E-state index in [9.17, 15) is 4.79 Å². The molecule has 2 aliphatic heterocycles. The molecule has 0 bridgehead atoms. The Bertz CT molecular complexity index is 883. The highest BCUT2D eigenvalue weighted by Crippen LogP contribution is 2.34. The third kappa shape index (κ3) is 4.93. The van der Waals surface area contributed by atoms with Crippen LogP contribution >= 0.6 is 11.6 Å². The fourth-order valence-corrected chi connectivity index (χ4v) is 4.72. The number of carbonyl (C=O) groups is 1. The second kappa shape index (κ2) is 9.31. The van der Waals surface area contributed by atoms with Crippen LogP contribution in [0.4, 0.5) is 5.95 Å². The van der Waals surface area contributed by atoms with E-state index in [4.69, 9.17) is 16.6 Å². The molecule has 0 saturated carbocycles. The molecule has 1 aromatic carbocycles. The van der Waals surface area contributed by atoms with Gasteiger partial charge in [0.25, 0.3) is 0 Å². The Morgan fingerprint density at radius 3 is 2.77 bits per heavy atom. The number of rotatable bonds is 6. The van der Waals surface area contributed by atoms with Crippen molar-refractivity contribution in [3.63, 3.8) is 0 Å². The predicted molar refractivity (Wildman–Crippen MR) is 120 cm³/mol. The first-order valence-corrected chi connectivity index (χ1v) is 11.2. The molecule has 7 heteroatoms. The van der Waals surface area contributed by atoms with Gasteiger partial charge in [0.2, 0.25) is 11.9 Å². The molecule has 4 rings (SSSR count). The zero-order chi connectivity index (χ0) is 21.1. The molecule has 2 aromatic rings. The zero-order valence-electron chi connectivity index (χ0n) is 17.7. The number of nitrogens with zero attached hydrogens (tertiary/aromatic N) is 4. The highest BCUT2D eigenvalue weighted by molar-refractivity contribution is 6.30. The van der Waals surface area contributed by atoms with Crippen LogP contribution in [0.1, 0.15) is 43.9 Å². The predicted octanol–water partition coefficient (Wildman–Crippen LogP) is 3.47. The topological polar surface area (TPSA) is 61.4 Å². The van der Waals surface area contributed by atoms with Crippen molar-refractivity contribution in [2.24, 2.45) is 5.92 Å². The SMILES string of the molecule is CC(C)NC(=O)[C@@H]1CN(Cc2cccc(Cl)c2)C[C@H]1c1ccnc(N2CCCC2)n1. The molecule has 0 aliphatic carbocycles. The van der Waals surface area contributed by atoms with Crippen LogP contribution in [0.3, 0.4) is 0 Å². The van der Waals surface area contributed by atoms with Crippen LogP contribution in [-0.4, -0.2) is 53.0 Å². The van der Waals surface area contributed by atoms with Crippen LogP contribution < -0.4 is 10.2 Å². The minimum Gasteiger partial charge on any atom is -0.354 e. The van der Waals surface area contributed by atoms with Crippen molar-refractivity contribution in [1.29, 1.82) is 0 Å². The normalized spacial score (nSPS) is 22.1. The van der Waals surface area contributed by atoms with Crippen molar-refractivity contribution in [2.45, 2.75) is 45.2 Å². The molecular weight excluding hydrogens is 398 g/mol. The van der Waals surface area contributed by atoms with E-state index in [1.165, 1.54) is 12.8 Å². The van der Waals surface area contributed by atoms with Crippen molar-refractivity contribution in [2.75, 3.05) is 31.1 Å². The van der Waals surface area contributed by atoms with Crippen molar-refractivity contribution in [3.05, 3.63) is 52.8 Å². The number of hydrogen-bond acceptors (Lipinski definition) is 5. The van der Waals surface area contributed by atoms with Gasteiger partial charge in [0, 0.05) is 55.9 Å². The van der Waals surface area contributed by atoms with Crippen molar-refractivity contribution in [3.8, 4) is 0 Å². The molecule has 2 atom stereocenters. The van der Waals surface area contributed by atoms with Crippen molar-refractivity contribution in [1.82, 2.24) is 20.2 Å². The number of benzene rings is 1. The van der Waals surface area contributed by atoms with Gasteiger partial charge in [0.15, 0.2) is 0 Å². The molecule has 0 spiro atoms. The lowest BCUT2D eigenvalue weighted by atomic mass is 9.91. The summed E-state index contributed by atoms with van der Waals surface area (Å²) in [4.78, 5) is 27.0. The maximum Gasteiger partial charge on any atom is 0.225 e. The smallest absolute Gasteiger partial charge is 0.225 e. The Balaban J connectivity index is 1.56. The van der Waals surface area contributed by atoms with Gasteiger partial charge in [-0.05, 0) is 50.5 Å². The monoisotopic (exact) mass is 427 g/mol. The van der Waals surface area contributed by atoms with Crippen LogP contribution in [0, 0.1) is 5.92 Å². The maximum absolute atomic E-state index is 13.0. The second-order valence-corrected chi connectivity index (χ2v) is 9.11. The Hall–Kier alpha value is -2.18. The van der Waals surface area contributed by atoms with Crippen LogP contribution in [0.15, 0.2) is 36.5 Å². The van der Waals surface area contributed by atoms with Crippen LogP contribution in [-0.2, 0) is 11.3 Å². The van der Waals surface area contributed by atoms with Gasteiger partial charge in [0.05, 0.1) is 11.6 Å². The van der Waals surface area contributed by atoms with E-state index in [1.807, 2.05) is 44.3 Å². The van der Waals surface area contributed by atoms with Crippen LogP contribution in [0.2, 0.25) is 5.02 Å². The lowest BCUT2D eigenvalue weighted by Gasteiger charge is -2.21. The number of carbonyl (C=O) groups excluding carboxylic acids is 1. The van der Waals surface area contributed by atoms with Crippen LogP contribution in [0.25, 0.3) is 0 Å². The Kier molecular flexibility index (Phi) is 6.54. The third-order valence-corrected chi connectivity index (χ3v) is 6.13. The second-order valence-electron chi connectivity index (χ2n) is 8.68. The minimum atomic E-state index is -0.132. The summed E-state index contributed by atoms with van der Waals surface area (Å²) >= 11 is 6.17. The number of hydrogen-bond donors (Lipinski definition) is 1. The molecule has 2 fully saturated rings. The number of anilines is 1. The lowest BCUT2D eigenvalue weighted by Crippen LogP contribution is -2.38. The van der Waals surface area contributed by atoms with E-state index < -0.39 is 0 Å². The average molecular weight is 428 g/mol. The zero-order valence-corrected chi connectivity index (χ0v) is 18.5. The third-order valence-electron chi connectivity index (χ3n) is 5.89. The van der Waals surface area contributed by atoms with Gasteiger partial charge >= 0.3 is 0 Å². The molecule has 3 heterocycles. The first-order valence-electron chi connectivity index (χ1n) is 10.8. The first-order chi connectivity index (χ1) is 14.5.